The Hall–Kier alpha value is -3.65. The number of rotatable bonds is 3. The van der Waals surface area contributed by atoms with Crippen molar-refractivity contribution in [1.82, 2.24) is 20.5 Å². The highest BCUT2D eigenvalue weighted by Gasteiger charge is 2.41. The molecule has 5 rings (SSSR count). The van der Waals surface area contributed by atoms with Gasteiger partial charge in [-0.05, 0) is 75.9 Å². The summed E-state index contributed by atoms with van der Waals surface area (Å²) in [5.74, 6) is 1.69. The normalized spacial score (nSPS) is 20.7. The van der Waals surface area contributed by atoms with Crippen LogP contribution in [0.25, 0.3) is 10.9 Å². The molecule has 1 atom stereocenters. The van der Waals surface area contributed by atoms with Crippen molar-refractivity contribution in [2.75, 3.05) is 45.2 Å². The number of aryl methyl sites for hydroxylation is 1. The number of para-hydroxylation sites is 2. The van der Waals surface area contributed by atoms with Crippen LogP contribution in [0.4, 0.5) is 5.82 Å². The molecule has 2 aliphatic heterocycles. The van der Waals surface area contributed by atoms with Crippen molar-refractivity contribution in [3.05, 3.63) is 65.7 Å². The fourth-order valence-electron chi connectivity index (χ4n) is 6.16. The number of piperidine rings is 1. The van der Waals surface area contributed by atoms with Crippen LogP contribution in [-0.4, -0.2) is 68.1 Å². The summed E-state index contributed by atoms with van der Waals surface area (Å²) < 4.78 is 5.97. The third-order valence-corrected chi connectivity index (χ3v) is 8.62. The van der Waals surface area contributed by atoms with E-state index in [9.17, 15) is 9.59 Å². The van der Waals surface area contributed by atoms with E-state index < -0.39 is 11.5 Å². The van der Waals surface area contributed by atoms with Crippen molar-refractivity contribution in [2.24, 2.45) is 5.41 Å². The third kappa shape index (κ3) is 6.81. The number of carbonyl (C=O) groups excluding carboxylic acids is 2. The van der Waals surface area contributed by atoms with Crippen LogP contribution >= 0.6 is 0 Å². The number of hydrogen-bond acceptors (Lipinski definition) is 6. The minimum atomic E-state index is -0.596. The first-order valence-electron chi connectivity index (χ1n) is 14.9. The Labute approximate surface area is 243 Å². The highest BCUT2D eigenvalue weighted by Crippen LogP contribution is 2.38. The smallest absolute Gasteiger partial charge is 0.242 e. The Morgan fingerprint density at radius 1 is 1.02 bits per heavy atom. The number of fused-ring (bicyclic) bond motifs is 2. The minimum absolute atomic E-state index is 0.00711. The summed E-state index contributed by atoms with van der Waals surface area (Å²) in [6.45, 7) is 4.99. The highest BCUT2D eigenvalue weighted by atomic mass is 16.5. The van der Waals surface area contributed by atoms with E-state index in [4.69, 9.17) is 9.72 Å². The molecule has 2 aromatic carbocycles. The van der Waals surface area contributed by atoms with Crippen LogP contribution in [0.3, 0.4) is 0 Å². The molecule has 0 unspecified atom stereocenters. The monoisotopic (exact) mass is 557 g/mol. The molecule has 41 heavy (non-hydrogen) atoms. The minimum Gasteiger partial charge on any atom is -0.491 e. The van der Waals surface area contributed by atoms with Gasteiger partial charge >= 0.3 is 0 Å². The fourth-order valence-corrected chi connectivity index (χ4v) is 6.16. The fraction of sp³-hybridized carbons (Fsp3) is 0.485. The SMILES string of the molecule is C[C@@H]1NC(=O)C2(CCCCc3ccccc3OCCNC1=O)CCN(Cc1cc3ccccc3nc1N(C)C)CC2. The lowest BCUT2D eigenvalue weighted by atomic mass is 9.73. The van der Waals surface area contributed by atoms with E-state index >= 15 is 0 Å². The van der Waals surface area contributed by atoms with Crippen LogP contribution in [0.15, 0.2) is 54.6 Å². The molecule has 1 saturated heterocycles. The second-order valence-corrected chi connectivity index (χ2v) is 11.8. The molecule has 1 aromatic heterocycles. The Morgan fingerprint density at radius 2 is 1.78 bits per heavy atom. The molecule has 3 aromatic rings. The van der Waals surface area contributed by atoms with Crippen LogP contribution < -0.4 is 20.3 Å². The van der Waals surface area contributed by atoms with Crippen LogP contribution in [-0.2, 0) is 22.6 Å². The van der Waals surface area contributed by atoms with Crippen LogP contribution in [0.2, 0.25) is 0 Å². The van der Waals surface area contributed by atoms with Crippen LogP contribution in [0, 0.1) is 5.41 Å². The maximum Gasteiger partial charge on any atom is 0.242 e. The van der Waals surface area contributed by atoms with Crippen molar-refractivity contribution >= 4 is 28.5 Å². The zero-order valence-electron chi connectivity index (χ0n) is 24.6. The summed E-state index contributed by atoms with van der Waals surface area (Å²) in [7, 11) is 4.07. The van der Waals surface area contributed by atoms with Crippen LogP contribution in [0.1, 0.15) is 50.2 Å². The largest absolute Gasteiger partial charge is 0.491 e. The molecular formula is C33H43N5O3. The molecule has 0 bridgehead atoms. The van der Waals surface area contributed by atoms with Crippen LogP contribution in [0.5, 0.6) is 5.75 Å². The number of benzene rings is 2. The van der Waals surface area contributed by atoms with E-state index in [1.54, 1.807) is 6.92 Å². The first-order chi connectivity index (χ1) is 19.8. The van der Waals surface area contributed by atoms with Crippen molar-refractivity contribution in [3.63, 3.8) is 0 Å². The van der Waals surface area contributed by atoms with Crippen molar-refractivity contribution < 1.29 is 14.3 Å². The van der Waals surface area contributed by atoms with Gasteiger partial charge in [-0.2, -0.15) is 0 Å². The number of carbonyl (C=O) groups is 2. The molecule has 1 fully saturated rings. The molecule has 0 radical (unpaired) electrons. The molecule has 0 aliphatic carbocycles. The average molecular weight is 558 g/mol. The maximum absolute atomic E-state index is 13.8. The van der Waals surface area contributed by atoms with Gasteiger partial charge in [0, 0.05) is 31.6 Å². The number of amides is 2. The van der Waals surface area contributed by atoms with Gasteiger partial charge in [-0.3, -0.25) is 14.5 Å². The topological polar surface area (TPSA) is 86.8 Å². The lowest BCUT2D eigenvalue weighted by Gasteiger charge is -2.41. The molecule has 8 nitrogen and oxygen atoms in total. The van der Waals surface area contributed by atoms with E-state index in [0.29, 0.717) is 13.2 Å². The van der Waals surface area contributed by atoms with E-state index in [1.807, 2.05) is 44.4 Å². The van der Waals surface area contributed by atoms with Crippen molar-refractivity contribution in [2.45, 2.75) is 58.0 Å². The predicted octanol–water partition coefficient (Wildman–Crippen LogP) is 4.31. The van der Waals surface area contributed by atoms with E-state index in [-0.39, 0.29) is 11.8 Å². The zero-order chi connectivity index (χ0) is 28.8. The third-order valence-electron chi connectivity index (χ3n) is 8.62. The Bertz CT molecular complexity index is 1370. The molecule has 218 valence electrons. The summed E-state index contributed by atoms with van der Waals surface area (Å²) in [6.07, 6.45) is 5.19. The van der Waals surface area contributed by atoms with E-state index in [2.05, 4.69) is 44.7 Å². The Morgan fingerprint density at radius 3 is 2.59 bits per heavy atom. The van der Waals surface area contributed by atoms with Crippen molar-refractivity contribution in [3.8, 4) is 5.75 Å². The summed E-state index contributed by atoms with van der Waals surface area (Å²) in [5, 5.41) is 7.11. The number of likely N-dealkylation sites (tertiary alicyclic amines) is 1. The van der Waals surface area contributed by atoms with Gasteiger partial charge in [-0.15, -0.1) is 0 Å². The van der Waals surface area contributed by atoms with E-state index in [0.717, 1.165) is 80.6 Å². The molecular weight excluding hydrogens is 514 g/mol. The molecule has 8 heteroatoms. The number of nitrogens with one attached hydrogen (secondary N) is 2. The van der Waals surface area contributed by atoms with Gasteiger partial charge < -0.3 is 20.3 Å². The first kappa shape index (κ1) is 28.9. The highest BCUT2D eigenvalue weighted by molar-refractivity contribution is 5.90. The molecule has 2 aliphatic rings. The summed E-state index contributed by atoms with van der Waals surface area (Å²) in [4.78, 5) is 36.0. The van der Waals surface area contributed by atoms with E-state index in [1.165, 1.54) is 11.1 Å². The first-order valence-corrected chi connectivity index (χ1v) is 14.9. The number of nitrogens with zero attached hydrogens (tertiary/aromatic N) is 3. The second-order valence-electron chi connectivity index (χ2n) is 11.8. The number of aromatic nitrogens is 1. The molecule has 2 amide bonds. The number of ether oxygens (including phenoxy) is 1. The quantitative estimate of drug-likeness (QED) is 0.499. The van der Waals surface area contributed by atoms with Gasteiger partial charge in [0.1, 0.15) is 24.2 Å². The molecule has 1 spiro atoms. The van der Waals surface area contributed by atoms with Gasteiger partial charge in [-0.25, -0.2) is 4.98 Å². The maximum atomic E-state index is 13.8. The Balaban J connectivity index is 1.31. The van der Waals surface area contributed by atoms with Gasteiger partial charge in [0.15, 0.2) is 0 Å². The van der Waals surface area contributed by atoms with Gasteiger partial charge in [0.2, 0.25) is 11.8 Å². The number of pyridine rings is 1. The van der Waals surface area contributed by atoms with Gasteiger partial charge in [0.05, 0.1) is 17.5 Å². The lowest BCUT2D eigenvalue weighted by molar-refractivity contribution is -0.138. The average Bonchev–Trinajstić information content (AvgIpc) is 2.98. The van der Waals surface area contributed by atoms with Crippen molar-refractivity contribution in [1.29, 1.82) is 0 Å². The molecule has 3 heterocycles. The molecule has 0 saturated carbocycles. The summed E-state index contributed by atoms with van der Waals surface area (Å²) in [5.41, 5.74) is 2.89. The Kier molecular flexibility index (Phi) is 9.08. The summed E-state index contributed by atoms with van der Waals surface area (Å²) in [6, 6.07) is 18.0. The standard InChI is InChI=1S/C33H43N5O3/c1-24-31(39)34-18-21-41-29-14-7-5-10-25(29)11-8-9-15-33(32(40)35-24)16-19-38(20-17-33)23-27-22-26-12-4-6-13-28(26)36-30(27)37(2)3/h4-7,10,12-14,22,24H,8-9,11,15-21,23H2,1-3H3,(H,34,39)(H,35,40)/t24-/m0/s1. The lowest BCUT2D eigenvalue weighted by Crippen LogP contribution is -2.53. The second kappa shape index (κ2) is 12.9. The number of hydrogen-bond donors (Lipinski definition) is 2. The summed E-state index contributed by atoms with van der Waals surface area (Å²) >= 11 is 0. The predicted molar refractivity (Wildman–Crippen MR) is 163 cm³/mol. The number of anilines is 1. The van der Waals surface area contributed by atoms with Gasteiger partial charge in [0.25, 0.3) is 0 Å². The van der Waals surface area contributed by atoms with Gasteiger partial charge in [-0.1, -0.05) is 42.8 Å². The molecule has 2 N–H and O–H groups in total. The zero-order valence-corrected chi connectivity index (χ0v) is 24.6.